The van der Waals surface area contributed by atoms with Gasteiger partial charge >= 0.3 is 0 Å². The fraction of sp³-hybridized carbons (Fsp3) is 0. The van der Waals surface area contributed by atoms with E-state index in [0.717, 1.165) is 0 Å². The smallest absolute Gasteiger partial charge is 0 e. The molecule has 0 aliphatic heterocycles. The number of hydrogen-bond donors (Lipinski definition) is 0. The molecule has 4 heteroatoms. The first-order chi connectivity index (χ1) is 0. The maximum atomic E-state index is 0. The average Bonchev–Trinajstić information content (AvgIpc) is 0. The predicted octanol–water partition coefficient (Wildman–Crippen LogP) is -0.990. The zero-order chi connectivity index (χ0) is 0. The molecule has 0 nitrogen and oxygen atoms in total. The van der Waals surface area contributed by atoms with Crippen molar-refractivity contribution in [1.82, 2.24) is 0 Å². The van der Waals surface area contributed by atoms with E-state index in [-0.39, 0.29) is 76.2 Å². The van der Waals surface area contributed by atoms with E-state index in [1.165, 1.54) is 0 Å². The first-order valence-electron chi connectivity index (χ1n) is 0. The molecule has 0 aliphatic rings. The second-order valence-electron chi connectivity index (χ2n) is 0. The first-order valence-corrected chi connectivity index (χ1v) is 0. The van der Waals surface area contributed by atoms with Crippen LogP contribution in [0.15, 0.2) is 0 Å². The normalized spacial score (nSPS) is 0. The van der Waals surface area contributed by atoms with Crippen molar-refractivity contribution < 1.29 is 4.70 Å². The van der Waals surface area contributed by atoms with Crippen LogP contribution in [0.3, 0.4) is 0 Å². The Labute approximate surface area is 75.1 Å². The minimum atomic E-state index is 0. The van der Waals surface area contributed by atoms with Crippen molar-refractivity contribution in [1.29, 1.82) is 0 Å². The standard InChI is InChI=1S/FH.Li.Mg.Na/h1H;;;. The monoisotopic (exact) mass is 74.0 g/mol. The van der Waals surface area contributed by atoms with Gasteiger partial charge in [-0.05, 0) is 0 Å². The summed E-state index contributed by atoms with van der Waals surface area (Å²) in [6.07, 6.45) is 0. The van der Waals surface area contributed by atoms with Crippen molar-refractivity contribution in [3.63, 3.8) is 0 Å². The van der Waals surface area contributed by atoms with Gasteiger partial charge in [0.2, 0.25) is 0 Å². The van der Waals surface area contributed by atoms with Crippen molar-refractivity contribution in [2.24, 2.45) is 0 Å². The van der Waals surface area contributed by atoms with E-state index >= 15 is 0 Å². The van der Waals surface area contributed by atoms with Crippen molar-refractivity contribution in [3.05, 3.63) is 0 Å². The van der Waals surface area contributed by atoms with Gasteiger partial charge in [-0.15, -0.1) is 0 Å². The molecule has 0 saturated carbocycles. The largest absolute Gasteiger partial charge is 0.269 e. The Morgan fingerprint density at radius 2 is 1.00 bits per heavy atom. The molecule has 0 heterocycles. The molecule has 0 aromatic heterocycles. The Morgan fingerprint density at radius 3 is 1.00 bits per heavy atom. The van der Waals surface area contributed by atoms with Gasteiger partial charge in [-0.2, -0.15) is 0 Å². The maximum absolute atomic E-state index is 0. The third-order valence-electron chi connectivity index (χ3n) is 0. The second-order valence-corrected chi connectivity index (χ2v) is 0. The summed E-state index contributed by atoms with van der Waals surface area (Å²) < 4.78 is 0. The minimum Gasteiger partial charge on any atom is -0.269 e. The Kier molecular flexibility index (Phi) is 155. The third-order valence-corrected chi connectivity index (χ3v) is 0. The molecule has 0 amide bonds. The van der Waals surface area contributed by atoms with Crippen LogP contribution in [0, 0.1) is 0 Å². The van der Waals surface area contributed by atoms with Gasteiger partial charge in [0.1, 0.15) is 0 Å². The molecular formula is HFLiMgNa. The zero-order valence-electron chi connectivity index (χ0n) is 3.12. The SMILES string of the molecule is F.[Li].[Mg].[Na]. The van der Waals surface area contributed by atoms with Gasteiger partial charge in [0.15, 0.2) is 0 Å². The van der Waals surface area contributed by atoms with Crippen LogP contribution in [-0.4, -0.2) is 71.5 Å². The van der Waals surface area contributed by atoms with Crippen molar-refractivity contribution >= 4 is 71.5 Å². The van der Waals surface area contributed by atoms with Crippen molar-refractivity contribution in [3.8, 4) is 0 Å². The Hall–Kier alpha value is 2.29. The van der Waals surface area contributed by atoms with Gasteiger partial charge in [-0.3, -0.25) is 4.70 Å². The van der Waals surface area contributed by atoms with Crippen LogP contribution < -0.4 is 0 Å². The summed E-state index contributed by atoms with van der Waals surface area (Å²) in [7, 11) is 0. The third kappa shape index (κ3) is 8.85. The molecule has 0 aromatic rings. The summed E-state index contributed by atoms with van der Waals surface area (Å²) in [6, 6.07) is 0. The summed E-state index contributed by atoms with van der Waals surface area (Å²) in [6.45, 7) is 0. The molecule has 0 fully saturated rings. The quantitative estimate of drug-likeness (QED) is 0.324. The van der Waals surface area contributed by atoms with Crippen molar-refractivity contribution in [2.45, 2.75) is 0 Å². The Balaban J connectivity index is 0. The summed E-state index contributed by atoms with van der Waals surface area (Å²) in [5.41, 5.74) is 0. The zero-order valence-corrected chi connectivity index (χ0v) is 6.53. The maximum Gasteiger partial charge on any atom is 0 e. The van der Waals surface area contributed by atoms with Crippen LogP contribution in [0.4, 0.5) is 4.70 Å². The summed E-state index contributed by atoms with van der Waals surface area (Å²) in [4.78, 5) is 0. The van der Waals surface area contributed by atoms with Crippen LogP contribution in [0.5, 0.6) is 0 Å². The molecule has 0 aromatic carbocycles. The van der Waals surface area contributed by atoms with Crippen LogP contribution in [0.2, 0.25) is 0 Å². The van der Waals surface area contributed by atoms with Gasteiger partial charge in [-0.1, -0.05) is 0 Å². The van der Waals surface area contributed by atoms with Crippen LogP contribution >= 0.6 is 0 Å². The number of hydrogen-bond acceptors (Lipinski definition) is 0. The molecule has 0 N–H and O–H groups in total. The molecule has 0 atom stereocenters. The molecule has 0 rings (SSSR count). The molecule has 4 heavy (non-hydrogen) atoms. The summed E-state index contributed by atoms with van der Waals surface area (Å²) in [5, 5.41) is 0. The van der Waals surface area contributed by atoms with E-state index in [4.69, 9.17) is 0 Å². The van der Waals surface area contributed by atoms with Gasteiger partial charge in [-0.25, -0.2) is 0 Å². The van der Waals surface area contributed by atoms with Gasteiger partial charge < -0.3 is 0 Å². The summed E-state index contributed by atoms with van der Waals surface area (Å²) >= 11 is 0. The van der Waals surface area contributed by atoms with E-state index in [0.29, 0.717) is 0 Å². The Morgan fingerprint density at radius 1 is 1.00 bits per heavy atom. The average molecular weight is 74.2 g/mol. The molecule has 4 radical (unpaired) electrons. The van der Waals surface area contributed by atoms with Crippen LogP contribution in [-0.2, 0) is 0 Å². The topological polar surface area (TPSA) is 0 Å². The molecule has 0 bridgehead atoms. The van der Waals surface area contributed by atoms with Crippen LogP contribution in [0.1, 0.15) is 0 Å². The minimum absolute atomic E-state index is 0. The second kappa shape index (κ2) is 18.6. The number of halogens is 1. The first kappa shape index (κ1) is 33.5. The van der Waals surface area contributed by atoms with Crippen LogP contribution in [0.25, 0.3) is 0 Å². The molecular weight excluding hydrogens is 73.2 g/mol. The van der Waals surface area contributed by atoms with E-state index in [9.17, 15) is 0 Å². The fourth-order valence-corrected chi connectivity index (χ4v) is 0. The van der Waals surface area contributed by atoms with Gasteiger partial charge in [0.05, 0.1) is 0 Å². The molecule has 12 valence electrons. The van der Waals surface area contributed by atoms with E-state index in [2.05, 4.69) is 0 Å². The fourth-order valence-electron chi connectivity index (χ4n) is 0. The molecule has 0 spiro atoms. The van der Waals surface area contributed by atoms with Crippen molar-refractivity contribution in [2.75, 3.05) is 0 Å². The predicted molar refractivity (Wildman–Crippen MR) is 19.8 cm³/mol. The Bertz CT molecular complexity index is 8.00. The molecule has 0 unspecified atom stereocenters. The number of rotatable bonds is 0. The summed E-state index contributed by atoms with van der Waals surface area (Å²) in [5.74, 6) is 0. The molecule has 0 aliphatic carbocycles. The van der Waals surface area contributed by atoms with E-state index in [1.807, 2.05) is 0 Å². The van der Waals surface area contributed by atoms with E-state index in [1.54, 1.807) is 0 Å². The van der Waals surface area contributed by atoms with Gasteiger partial charge in [0.25, 0.3) is 0 Å². The van der Waals surface area contributed by atoms with Gasteiger partial charge in [0, 0.05) is 71.5 Å². The van der Waals surface area contributed by atoms with E-state index < -0.39 is 0 Å². The molecule has 0 saturated heterocycles.